The maximum Gasteiger partial charge on any atom is 0.176 e. The smallest absolute Gasteiger partial charge is 0.176 e. The molecule has 0 atom stereocenters. The summed E-state index contributed by atoms with van der Waals surface area (Å²) in [5.74, 6) is 0.103. The average Bonchev–Trinajstić information content (AvgIpc) is 2.18. The number of likely N-dealkylation sites (N-methyl/N-ethyl adjacent to an activating group) is 1. The maximum absolute atomic E-state index is 11.6. The summed E-state index contributed by atoms with van der Waals surface area (Å²) in [5.41, 5.74) is 1.65. The lowest BCUT2D eigenvalue weighted by atomic mass is 10.1. The van der Waals surface area contributed by atoms with E-state index in [2.05, 4.69) is 5.32 Å². The normalized spacial score (nSPS) is 10.2. The zero-order valence-electron chi connectivity index (χ0n) is 8.43. The number of halogens is 1. The molecule has 0 spiro atoms. The molecule has 0 aliphatic rings. The molecule has 14 heavy (non-hydrogen) atoms. The summed E-state index contributed by atoms with van der Waals surface area (Å²) in [6, 6.07) is 5.34. The van der Waals surface area contributed by atoms with Crippen molar-refractivity contribution in [3.8, 4) is 0 Å². The number of ketones is 1. The van der Waals surface area contributed by atoms with Crippen LogP contribution in [0.3, 0.4) is 0 Å². The predicted molar refractivity (Wildman–Crippen MR) is 59.1 cm³/mol. The van der Waals surface area contributed by atoms with Gasteiger partial charge in [0, 0.05) is 10.6 Å². The van der Waals surface area contributed by atoms with Crippen LogP contribution in [0.5, 0.6) is 0 Å². The van der Waals surface area contributed by atoms with Crippen molar-refractivity contribution in [1.29, 1.82) is 0 Å². The SMILES string of the molecule is CCNCC(=O)c1ccc(Cl)c(C)c1. The minimum atomic E-state index is 0.103. The minimum Gasteiger partial charge on any atom is -0.310 e. The summed E-state index contributed by atoms with van der Waals surface area (Å²) >= 11 is 5.86. The van der Waals surface area contributed by atoms with Crippen LogP contribution in [-0.2, 0) is 0 Å². The Labute approximate surface area is 89.3 Å². The molecule has 76 valence electrons. The molecule has 3 heteroatoms. The molecule has 0 aliphatic heterocycles. The monoisotopic (exact) mass is 211 g/mol. The molecule has 0 saturated carbocycles. The van der Waals surface area contributed by atoms with Crippen molar-refractivity contribution in [3.63, 3.8) is 0 Å². The molecule has 0 radical (unpaired) electrons. The summed E-state index contributed by atoms with van der Waals surface area (Å²) in [5, 5.41) is 3.70. The fourth-order valence-electron chi connectivity index (χ4n) is 1.16. The van der Waals surface area contributed by atoms with Gasteiger partial charge in [0.2, 0.25) is 0 Å². The molecule has 0 unspecified atom stereocenters. The van der Waals surface area contributed by atoms with Crippen LogP contribution in [0.4, 0.5) is 0 Å². The lowest BCUT2D eigenvalue weighted by molar-refractivity contribution is 0.0991. The Balaban J connectivity index is 2.76. The van der Waals surface area contributed by atoms with Crippen LogP contribution in [0.2, 0.25) is 5.02 Å². The van der Waals surface area contributed by atoms with Gasteiger partial charge in [-0.05, 0) is 37.2 Å². The summed E-state index contributed by atoms with van der Waals surface area (Å²) in [4.78, 5) is 11.6. The van der Waals surface area contributed by atoms with Gasteiger partial charge >= 0.3 is 0 Å². The predicted octanol–water partition coefficient (Wildman–Crippen LogP) is 2.44. The molecule has 0 fully saturated rings. The average molecular weight is 212 g/mol. The highest BCUT2D eigenvalue weighted by Crippen LogP contribution is 2.16. The lowest BCUT2D eigenvalue weighted by Gasteiger charge is -2.03. The van der Waals surface area contributed by atoms with Gasteiger partial charge in [-0.2, -0.15) is 0 Å². The summed E-state index contributed by atoms with van der Waals surface area (Å²) in [6.45, 7) is 5.06. The van der Waals surface area contributed by atoms with Crippen LogP contribution in [0.1, 0.15) is 22.8 Å². The van der Waals surface area contributed by atoms with E-state index in [4.69, 9.17) is 11.6 Å². The highest BCUT2D eigenvalue weighted by Gasteiger charge is 2.05. The zero-order chi connectivity index (χ0) is 10.6. The van der Waals surface area contributed by atoms with E-state index in [0.29, 0.717) is 17.1 Å². The van der Waals surface area contributed by atoms with E-state index in [1.807, 2.05) is 19.9 Å². The molecule has 1 N–H and O–H groups in total. The summed E-state index contributed by atoms with van der Waals surface area (Å²) < 4.78 is 0. The molecule has 1 aromatic rings. The van der Waals surface area contributed by atoms with Crippen molar-refractivity contribution >= 4 is 17.4 Å². The first-order valence-corrected chi connectivity index (χ1v) is 5.03. The molecule has 1 rings (SSSR count). The lowest BCUT2D eigenvalue weighted by Crippen LogP contribution is -2.22. The zero-order valence-corrected chi connectivity index (χ0v) is 9.19. The van der Waals surface area contributed by atoms with Crippen LogP contribution in [0.25, 0.3) is 0 Å². The van der Waals surface area contributed by atoms with E-state index < -0.39 is 0 Å². The Hall–Kier alpha value is -0.860. The first-order valence-electron chi connectivity index (χ1n) is 4.65. The summed E-state index contributed by atoms with van der Waals surface area (Å²) in [6.07, 6.45) is 0. The molecule has 2 nitrogen and oxygen atoms in total. The van der Waals surface area contributed by atoms with Gasteiger partial charge in [-0.3, -0.25) is 4.79 Å². The molecule has 1 aromatic carbocycles. The fraction of sp³-hybridized carbons (Fsp3) is 0.364. The van der Waals surface area contributed by atoms with Gasteiger partial charge < -0.3 is 5.32 Å². The number of carbonyl (C=O) groups is 1. The Morgan fingerprint density at radius 1 is 1.50 bits per heavy atom. The first-order chi connectivity index (χ1) is 6.65. The van der Waals surface area contributed by atoms with Crippen molar-refractivity contribution in [2.45, 2.75) is 13.8 Å². The number of Topliss-reactive ketones (excluding diaryl/α,β-unsaturated/α-hetero) is 1. The Morgan fingerprint density at radius 2 is 2.21 bits per heavy atom. The van der Waals surface area contributed by atoms with E-state index in [1.165, 1.54) is 0 Å². The molecule has 0 aromatic heterocycles. The van der Waals surface area contributed by atoms with Gasteiger partial charge in [0.25, 0.3) is 0 Å². The van der Waals surface area contributed by atoms with Crippen LogP contribution >= 0.6 is 11.6 Å². The van der Waals surface area contributed by atoms with Crippen molar-refractivity contribution in [3.05, 3.63) is 34.3 Å². The highest BCUT2D eigenvalue weighted by atomic mass is 35.5. The van der Waals surface area contributed by atoms with E-state index in [-0.39, 0.29) is 5.78 Å². The van der Waals surface area contributed by atoms with Gasteiger partial charge in [-0.15, -0.1) is 0 Å². The van der Waals surface area contributed by atoms with Gasteiger partial charge in [-0.25, -0.2) is 0 Å². The largest absolute Gasteiger partial charge is 0.310 e. The molecule has 0 heterocycles. The van der Waals surface area contributed by atoms with Gasteiger partial charge in [0.15, 0.2) is 5.78 Å². The maximum atomic E-state index is 11.6. The topological polar surface area (TPSA) is 29.1 Å². The van der Waals surface area contributed by atoms with E-state index in [0.717, 1.165) is 12.1 Å². The third-order valence-electron chi connectivity index (χ3n) is 2.02. The number of benzene rings is 1. The molecule has 0 saturated heterocycles. The van der Waals surface area contributed by atoms with E-state index >= 15 is 0 Å². The van der Waals surface area contributed by atoms with E-state index in [1.54, 1.807) is 12.1 Å². The first kappa shape index (κ1) is 11.2. The van der Waals surface area contributed by atoms with Crippen molar-refractivity contribution in [2.75, 3.05) is 13.1 Å². The number of nitrogens with one attached hydrogen (secondary N) is 1. The quantitative estimate of drug-likeness (QED) is 0.776. The van der Waals surface area contributed by atoms with Crippen molar-refractivity contribution < 1.29 is 4.79 Å². The molecule has 0 bridgehead atoms. The minimum absolute atomic E-state index is 0.103. The van der Waals surface area contributed by atoms with Crippen LogP contribution in [0, 0.1) is 6.92 Å². The van der Waals surface area contributed by atoms with Crippen LogP contribution in [-0.4, -0.2) is 18.9 Å². The molecular weight excluding hydrogens is 198 g/mol. The number of aryl methyl sites for hydroxylation is 1. The Morgan fingerprint density at radius 3 is 2.79 bits per heavy atom. The van der Waals surface area contributed by atoms with Crippen molar-refractivity contribution in [2.24, 2.45) is 0 Å². The molecular formula is C11H14ClNO. The van der Waals surface area contributed by atoms with Crippen molar-refractivity contribution in [1.82, 2.24) is 5.32 Å². The molecule has 0 aliphatic carbocycles. The standard InChI is InChI=1S/C11H14ClNO/c1-3-13-7-11(14)9-4-5-10(12)8(2)6-9/h4-6,13H,3,7H2,1-2H3. The second kappa shape index (κ2) is 5.13. The highest BCUT2D eigenvalue weighted by molar-refractivity contribution is 6.31. The summed E-state index contributed by atoms with van der Waals surface area (Å²) in [7, 11) is 0. The Bertz CT molecular complexity index is 336. The number of carbonyl (C=O) groups excluding carboxylic acids is 1. The van der Waals surface area contributed by atoms with Gasteiger partial charge in [0.05, 0.1) is 6.54 Å². The number of hydrogen-bond donors (Lipinski definition) is 1. The second-order valence-corrected chi connectivity index (χ2v) is 3.57. The third-order valence-corrected chi connectivity index (χ3v) is 2.44. The van der Waals surface area contributed by atoms with Crippen LogP contribution < -0.4 is 5.32 Å². The number of hydrogen-bond acceptors (Lipinski definition) is 2. The van der Waals surface area contributed by atoms with Gasteiger partial charge in [0.1, 0.15) is 0 Å². The van der Waals surface area contributed by atoms with Gasteiger partial charge in [-0.1, -0.05) is 18.5 Å². The second-order valence-electron chi connectivity index (χ2n) is 3.17. The molecule has 0 amide bonds. The fourth-order valence-corrected chi connectivity index (χ4v) is 1.28. The third kappa shape index (κ3) is 2.82. The Kier molecular flexibility index (Phi) is 4.11. The van der Waals surface area contributed by atoms with Crippen LogP contribution in [0.15, 0.2) is 18.2 Å². The van der Waals surface area contributed by atoms with E-state index in [9.17, 15) is 4.79 Å². The number of rotatable bonds is 4.